The van der Waals surface area contributed by atoms with E-state index in [0.29, 0.717) is 11.0 Å². The number of rotatable bonds is 3. The number of fused-ring (bicyclic) bond motifs is 1. The van der Waals surface area contributed by atoms with Gasteiger partial charge in [-0.2, -0.15) is 5.10 Å². The van der Waals surface area contributed by atoms with Gasteiger partial charge in [0.25, 0.3) is 5.56 Å². The molecule has 18 heavy (non-hydrogen) atoms. The van der Waals surface area contributed by atoms with Crippen LogP contribution in [0.5, 0.6) is 0 Å². The molecular weight excluding hydrogens is 236 g/mol. The van der Waals surface area contributed by atoms with Crippen LogP contribution in [0.1, 0.15) is 0 Å². The van der Waals surface area contributed by atoms with Crippen LogP contribution in [-0.4, -0.2) is 37.2 Å². The molecule has 1 amide bonds. The Bertz CT molecular complexity index is 692. The SMILES string of the molecule is C#CCNC(=O)Cn1nnc2c(cnn2C)c1=O. The van der Waals surface area contributed by atoms with Crippen LogP contribution in [0.15, 0.2) is 11.0 Å². The Morgan fingerprint density at radius 3 is 3.11 bits per heavy atom. The second-order valence-electron chi connectivity index (χ2n) is 3.54. The minimum atomic E-state index is -0.413. The average molecular weight is 246 g/mol. The van der Waals surface area contributed by atoms with Crippen molar-refractivity contribution in [1.29, 1.82) is 0 Å². The predicted octanol–water partition coefficient (Wildman–Crippen LogP) is -1.73. The largest absolute Gasteiger partial charge is 0.344 e. The van der Waals surface area contributed by atoms with Crippen LogP contribution in [0, 0.1) is 12.3 Å². The fraction of sp³-hybridized carbons (Fsp3) is 0.300. The van der Waals surface area contributed by atoms with Gasteiger partial charge in [-0.3, -0.25) is 9.59 Å². The summed E-state index contributed by atoms with van der Waals surface area (Å²) in [5, 5.41) is 14.2. The first-order valence-electron chi connectivity index (χ1n) is 5.09. The van der Waals surface area contributed by atoms with E-state index in [1.54, 1.807) is 7.05 Å². The zero-order valence-electron chi connectivity index (χ0n) is 9.62. The minimum absolute atomic E-state index is 0.107. The summed E-state index contributed by atoms with van der Waals surface area (Å²) < 4.78 is 2.41. The van der Waals surface area contributed by atoms with Crippen molar-refractivity contribution in [2.75, 3.05) is 6.54 Å². The maximum Gasteiger partial charge on any atom is 0.281 e. The second kappa shape index (κ2) is 4.67. The number of terminal acetylenes is 1. The summed E-state index contributed by atoms with van der Waals surface area (Å²) in [6.45, 7) is -0.117. The maximum absolute atomic E-state index is 11.9. The Balaban J connectivity index is 2.30. The number of hydrogen-bond acceptors (Lipinski definition) is 5. The average Bonchev–Trinajstić information content (AvgIpc) is 2.73. The Labute approximate surface area is 102 Å². The highest BCUT2D eigenvalue weighted by Crippen LogP contribution is 2.01. The molecule has 8 nitrogen and oxygen atoms in total. The van der Waals surface area contributed by atoms with Crippen LogP contribution in [0.4, 0.5) is 0 Å². The van der Waals surface area contributed by atoms with Gasteiger partial charge in [-0.1, -0.05) is 11.1 Å². The highest BCUT2D eigenvalue weighted by molar-refractivity contribution is 5.76. The van der Waals surface area contributed by atoms with Crippen molar-refractivity contribution in [2.45, 2.75) is 6.54 Å². The first-order chi connectivity index (χ1) is 8.63. The molecule has 2 rings (SSSR count). The third kappa shape index (κ3) is 2.06. The van der Waals surface area contributed by atoms with E-state index in [0.717, 1.165) is 4.68 Å². The molecule has 0 fully saturated rings. The quantitative estimate of drug-likeness (QED) is 0.650. The summed E-state index contributed by atoms with van der Waals surface area (Å²) in [6.07, 6.45) is 6.40. The lowest BCUT2D eigenvalue weighted by atomic mass is 10.4. The number of carbonyl (C=O) groups excluding carboxylic acids is 1. The van der Waals surface area contributed by atoms with E-state index in [1.807, 2.05) is 0 Å². The van der Waals surface area contributed by atoms with Gasteiger partial charge in [0.15, 0.2) is 5.65 Å². The van der Waals surface area contributed by atoms with E-state index in [-0.39, 0.29) is 13.1 Å². The number of aromatic nitrogens is 5. The first kappa shape index (κ1) is 11.8. The molecule has 2 heterocycles. The van der Waals surface area contributed by atoms with Crippen LogP contribution < -0.4 is 10.9 Å². The molecule has 0 atom stereocenters. The minimum Gasteiger partial charge on any atom is -0.344 e. The van der Waals surface area contributed by atoms with Gasteiger partial charge in [0, 0.05) is 7.05 Å². The topological polar surface area (TPSA) is 94.7 Å². The molecule has 0 bridgehead atoms. The van der Waals surface area contributed by atoms with Gasteiger partial charge in [-0.15, -0.1) is 11.5 Å². The van der Waals surface area contributed by atoms with E-state index in [2.05, 4.69) is 26.6 Å². The monoisotopic (exact) mass is 246 g/mol. The Hall–Kier alpha value is -2.69. The van der Waals surface area contributed by atoms with Crippen LogP contribution in [-0.2, 0) is 18.4 Å². The lowest BCUT2D eigenvalue weighted by Gasteiger charge is -2.03. The summed E-state index contributed by atoms with van der Waals surface area (Å²) in [6, 6.07) is 0. The van der Waals surface area contributed by atoms with E-state index in [1.165, 1.54) is 10.9 Å². The van der Waals surface area contributed by atoms with Crippen LogP contribution >= 0.6 is 0 Å². The Kier molecular flexibility index (Phi) is 3.05. The lowest BCUT2D eigenvalue weighted by Crippen LogP contribution is -2.34. The zero-order chi connectivity index (χ0) is 13.1. The lowest BCUT2D eigenvalue weighted by molar-refractivity contribution is -0.121. The third-order valence-electron chi connectivity index (χ3n) is 2.30. The van der Waals surface area contributed by atoms with Crippen molar-refractivity contribution in [1.82, 2.24) is 30.1 Å². The molecule has 0 spiro atoms. The molecule has 2 aromatic rings. The van der Waals surface area contributed by atoms with Crippen LogP contribution in [0.2, 0.25) is 0 Å². The summed E-state index contributed by atoms with van der Waals surface area (Å²) in [5.74, 6) is 1.87. The Morgan fingerprint density at radius 2 is 2.39 bits per heavy atom. The van der Waals surface area contributed by atoms with Crippen molar-refractivity contribution < 1.29 is 4.79 Å². The van der Waals surface area contributed by atoms with Gasteiger partial charge in [-0.25, -0.2) is 9.36 Å². The molecule has 0 aliphatic heterocycles. The van der Waals surface area contributed by atoms with Gasteiger partial charge < -0.3 is 5.32 Å². The molecular formula is C10H10N6O2. The van der Waals surface area contributed by atoms with E-state index in [9.17, 15) is 9.59 Å². The summed E-state index contributed by atoms with van der Waals surface area (Å²) in [7, 11) is 1.65. The highest BCUT2D eigenvalue weighted by atomic mass is 16.2. The number of aryl methyl sites for hydroxylation is 1. The molecule has 1 N–H and O–H groups in total. The maximum atomic E-state index is 11.9. The highest BCUT2D eigenvalue weighted by Gasteiger charge is 2.11. The molecule has 0 aromatic carbocycles. The zero-order valence-corrected chi connectivity index (χ0v) is 9.62. The Morgan fingerprint density at radius 1 is 1.61 bits per heavy atom. The van der Waals surface area contributed by atoms with Crippen molar-refractivity contribution in [3.63, 3.8) is 0 Å². The molecule has 0 radical (unpaired) electrons. The molecule has 0 unspecified atom stereocenters. The van der Waals surface area contributed by atoms with Gasteiger partial charge in [-0.05, 0) is 0 Å². The van der Waals surface area contributed by atoms with Crippen molar-refractivity contribution in [3.8, 4) is 12.3 Å². The summed E-state index contributed by atoms with van der Waals surface area (Å²) >= 11 is 0. The van der Waals surface area contributed by atoms with Gasteiger partial charge >= 0.3 is 0 Å². The van der Waals surface area contributed by atoms with E-state index in [4.69, 9.17) is 6.42 Å². The normalized spacial score (nSPS) is 10.2. The van der Waals surface area contributed by atoms with Gasteiger partial charge in [0.1, 0.15) is 11.9 Å². The van der Waals surface area contributed by atoms with E-state index >= 15 is 0 Å². The van der Waals surface area contributed by atoms with Gasteiger partial charge in [0.05, 0.1) is 12.7 Å². The third-order valence-corrected chi connectivity index (χ3v) is 2.30. The summed E-state index contributed by atoms with van der Waals surface area (Å²) in [4.78, 5) is 23.3. The number of hydrogen-bond donors (Lipinski definition) is 1. The fourth-order valence-electron chi connectivity index (χ4n) is 1.42. The molecule has 0 aliphatic rings. The van der Waals surface area contributed by atoms with Crippen molar-refractivity contribution in [3.05, 3.63) is 16.6 Å². The van der Waals surface area contributed by atoms with Crippen molar-refractivity contribution >= 4 is 16.9 Å². The molecule has 92 valence electrons. The molecule has 0 saturated heterocycles. The summed E-state index contributed by atoms with van der Waals surface area (Å²) in [5.41, 5.74) is -0.0377. The van der Waals surface area contributed by atoms with Crippen molar-refractivity contribution in [2.24, 2.45) is 7.05 Å². The molecule has 8 heteroatoms. The van der Waals surface area contributed by atoms with Gasteiger partial charge in [0.2, 0.25) is 5.91 Å². The molecule has 2 aromatic heterocycles. The fourth-order valence-corrected chi connectivity index (χ4v) is 1.42. The number of amides is 1. The standard InChI is InChI=1S/C10H10N6O2/c1-3-4-11-8(17)6-16-10(18)7-5-12-15(2)9(7)13-14-16/h1,5H,4,6H2,2H3,(H,11,17). The number of nitrogens with one attached hydrogen (secondary N) is 1. The smallest absolute Gasteiger partial charge is 0.281 e. The van der Waals surface area contributed by atoms with Crippen LogP contribution in [0.25, 0.3) is 11.0 Å². The number of carbonyl (C=O) groups is 1. The first-order valence-corrected chi connectivity index (χ1v) is 5.09. The second-order valence-corrected chi connectivity index (χ2v) is 3.54. The van der Waals surface area contributed by atoms with E-state index < -0.39 is 11.5 Å². The molecule has 0 aliphatic carbocycles. The van der Waals surface area contributed by atoms with Crippen LogP contribution in [0.3, 0.4) is 0 Å². The molecule has 0 saturated carbocycles. The predicted molar refractivity (Wildman–Crippen MR) is 62.4 cm³/mol. The number of nitrogens with zero attached hydrogens (tertiary/aromatic N) is 5.